The molecule has 4 aromatic rings. The fourth-order valence-corrected chi connectivity index (χ4v) is 3.13. The van der Waals surface area contributed by atoms with Crippen LogP contribution in [0.4, 0.5) is 0 Å². The summed E-state index contributed by atoms with van der Waals surface area (Å²) in [6.07, 6.45) is 0. The molecule has 0 atom stereocenters. The van der Waals surface area contributed by atoms with Crippen LogP contribution in [0.5, 0.6) is 0 Å². The van der Waals surface area contributed by atoms with E-state index in [0.717, 1.165) is 28.1 Å². The molecule has 3 nitrogen and oxygen atoms in total. The Balaban J connectivity index is 1.81. The molecule has 29 heavy (non-hydrogen) atoms. The van der Waals surface area contributed by atoms with Crippen molar-refractivity contribution in [2.24, 2.45) is 0 Å². The van der Waals surface area contributed by atoms with Crippen LogP contribution >= 0.6 is 0 Å². The van der Waals surface area contributed by atoms with E-state index in [9.17, 15) is 0 Å². The number of hydrogen-bond acceptors (Lipinski definition) is 3. The normalized spacial score (nSPS) is 11.9. The molecule has 0 aliphatic rings. The zero-order valence-electron chi connectivity index (χ0n) is 18.3. The molecule has 0 unspecified atom stereocenters. The zero-order chi connectivity index (χ0) is 21.3. The molecular formula is C26H25N3. The second-order valence-corrected chi connectivity index (χ2v) is 8.30. The Morgan fingerprint density at radius 2 is 1.24 bits per heavy atom. The molecule has 0 spiro atoms. The molecule has 4 rings (SSSR count). The van der Waals surface area contributed by atoms with Crippen molar-refractivity contribution in [2.45, 2.75) is 33.1 Å². The molecule has 0 N–H and O–H groups in total. The maximum Gasteiger partial charge on any atom is 0.163 e. The van der Waals surface area contributed by atoms with E-state index in [-0.39, 0.29) is 5.41 Å². The summed E-state index contributed by atoms with van der Waals surface area (Å²) in [5.74, 6) is 1.99. The van der Waals surface area contributed by atoms with Gasteiger partial charge in [0.25, 0.3) is 0 Å². The minimum atomic E-state index is -0.218. The van der Waals surface area contributed by atoms with Gasteiger partial charge >= 0.3 is 0 Å². The molecular weight excluding hydrogens is 354 g/mol. The Labute approximate surface area is 173 Å². The molecule has 144 valence electrons. The van der Waals surface area contributed by atoms with Crippen LogP contribution in [0.25, 0.3) is 33.9 Å². The molecule has 0 fully saturated rings. The van der Waals surface area contributed by atoms with Crippen LogP contribution in [0.15, 0.2) is 78.8 Å². The highest BCUT2D eigenvalue weighted by molar-refractivity contribution is 5.68. The number of hydrogen-bond donors (Lipinski definition) is 0. The lowest BCUT2D eigenvalue weighted by Crippen LogP contribution is -2.18. The first-order valence-corrected chi connectivity index (χ1v) is 9.81. The van der Waals surface area contributed by atoms with Crippen molar-refractivity contribution in [3.63, 3.8) is 0 Å². The maximum atomic E-state index is 8.05. The molecule has 1 heterocycles. The van der Waals surface area contributed by atoms with Crippen molar-refractivity contribution in [3.05, 3.63) is 90.2 Å². The van der Waals surface area contributed by atoms with Crippen LogP contribution in [0.1, 0.15) is 33.5 Å². The van der Waals surface area contributed by atoms with Gasteiger partial charge < -0.3 is 0 Å². The Hall–Kier alpha value is -3.33. The van der Waals surface area contributed by atoms with Gasteiger partial charge in [-0.1, -0.05) is 99.1 Å². The van der Waals surface area contributed by atoms with Crippen molar-refractivity contribution in [1.29, 1.82) is 0 Å². The van der Waals surface area contributed by atoms with Gasteiger partial charge in [0.1, 0.15) is 5.82 Å². The van der Waals surface area contributed by atoms with E-state index >= 15 is 0 Å². The zero-order valence-corrected chi connectivity index (χ0v) is 17.3. The first kappa shape index (κ1) is 17.7. The summed E-state index contributed by atoms with van der Waals surface area (Å²) >= 11 is 0. The molecule has 1 aromatic heterocycles. The highest BCUT2D eigenvalue weighted by atomic mass is 15.0. The van der Waals surface area contributed by atoms with E-state index in [1.807, 2.05) is 37.3 Å². The van der Waals surface area contributed by atoms with Crippen LogP contribution in [-0.2, 0) is 5.41 Å². The van der Waals surface area contributed by atoms with Crippen molar-refractivity contribution in [3.8, 4) is 33.9 Å². The van der Waals surface area contributed by atoms with Gasteiger partial charge in [0.05, 0.1) is 1.37 Å². The smallest absolute Gasteiger partial charge is 0.163 e. The summed E-state index contributed by atoms with van der Waals surface area (Å²) in [6, 6.07) is 24.7. The van der Waals surface area contributed by atoms with Gasteiger partial charge in [-0.2, -0.15) is 0 Å². The minimum absolute atomic E-state index is 0.218. The van der Waals surface area contributed by atoms with Gasteiger partial charge in [-0.3, -0.25) is 0 Å². The molecule has 0 amide bonds. The van der Waals surface area contributed by atoms with Crippen molar-refractivity contribution < 1.29 is 1.37 Å². The first-order valence-electron chi connectivity index (χ1n) is 10.3. The van der Waals surface area contributed by atoms with E-state index in [4.69, 9.17) is 16.3 Å². The van der Waals surface area contributed by atoms with Crippen LogP contribution in [0, 0.1) is 6.92 Å². The van der Waals surface area contributed by atoms with Crippen molar-refractivity contribution in [1.82, 2.24) is 15.0 Å². The molecule has 0 saturated heterocycles. The molecule has 3 heteroatoms. The minimum Gasteiger partial charge on any atom is -0.212 e. The van der Waals surface area contributed by atoms with Crippen LogP contribution in [-0.4, -0.2) is 15.0 Å². The predicted molar refractivity (Wildman–Crippen MR) is 120 cm³/mol. The Morgan fingerprint density at radius 3 is 1.86 bits per heavy atom. The monoisotopic (exact) mass is 380 g/mol. The van der Waals surface area contributed by atoms with Gasteiger partial charge in [0.15, 0.2) is 11.6 Å². The fourth-order valence-electron chi connectivity index (χ4n) is 3.13. The van der Waals surface area contributed by atoms with Crippen LogP contribution < -0.4 is 0 Å². The number of aryl methyl sites for hydroxylation is 1. The standard InChI is InChI=1S/C26H25N3/c1-18-9-8-12-22(17-18)24-27-23(28-25(29-24)26(2,3)4)21-15-13-20(14-16-21)19-10-6-5-7-11-19/h5-17H,1-4H3/i8D. The number of rotatable bonds is 3. The summed E-state index contributed by atoms with van der Waals surface area (Å²) in [7, 11) is 0. The van der Waals surface area contributed by atoms with Gasteiger partial charge in [0.2, 0.25) is 0 Å². The SMILES string of the molecule is [2H]c1cc(C)cc(-c2nc(-c3ccc(-c4ccccc4)cc3)nc(C(C)(C)C)n2)c1. The lowest BCUT2D eigenvalue weighted by atomic mass is 9.95. The van der Waals surface area contributed by atoms with Gasteiger partial charge in [-0.05, 0) is 24.1 Å². The highest BCUT2D eigenvalue weighted by Gasteiger charge is 2.21. The van der Waals surface area contributed by atoms with Crippen molar-refractivity contribution in [2.75, 3.05) is 0 Å². The Morgan fingerprint density at radius 1 is 0.655 bits per heavy atom. The Bertz CT molecular complexity index is 1160. The lowest BCUT2D eigenvalue weighted by molar-refractivity contribution is 0.543. The van der Waals surface area contributed by atoms with Crippen LogP contribution in [0.3, 0.4) is 0 Å². The third kappa shape index (κ3) is 4.24. The quantitative estimate of drug-likeness (QED) is 0.408. The predicted octanol–water partition coefficient (Wildman–Crippen LogP) is 6.48. The van der Waals surface area contributed by atoms with E-state index in [1.165, 1.54) is 5.56 Å². The number of nitrogens with zero attached hydrogens (tertiary/aromatic N) is 3. The number of benzene rings is 3. The summed E-state index contributed by atoms with van der Waals surface area (Å²) in [5, 5.41) is 0. The average Bonchev–Trinajstić information content (AvgIpc) is 2.73. The second-order valence-electron chi connectivity index (χ2n) is 8.30. The Kier molecular flexibility index (Phi) is 4.65. The second kappa shape index (κ2) is 7.59. The van der Waals surface area contributed by atoms with Gasteiger partial charge in [-0.15, -0.1) is 0 Å². The highest BCUT2D eigenvalue weighted by Crippen LogP contribution is 2.27. The summed E-state index contributed by atoms with van der Waals surface area (Å²) < 4.78 is 8.05. The van der Waals surface area contributed by atoms with E-state index < -0.39 is 0 Å². The molecule has 0 saturated carbocycles. The third-order valence-corrected chi connectivity index (χ3v) is 4.75. The molecule has 0 aliphatic heterocycles. The molecule has 3 aromatic carbocycles. The van der Waals surface area contributed by atoms with Gasteiger partial charge in [-0.25, -0.2) is 15.0 Å². The van der Waals surface area contributed by atoms with Gasteiger partial charge in [0, 0.05) is 16.5 Å². The largest absolute Gasteiger partial charge is 0.212 e. The molecule has 0 aliphatic carbocycles. The van der Waals surface area contributed by atoms with E-state index in [1.54, 1.807) is 6.07 Å². The first-order chi connectivity index (χ1) is 14.3. The summed E-state index contributed by atoms with van der Waals surface area (Å²) in [4.78, 5) is 14.3. The topological polar surface area (TPSA) is 38.7 Å². The average molecular weight is 381 g/mol. The van der Waals surface area contributed by atoms with Crippen molar-refractivity contribution >= 4 is 0 Å². The molecule has 0 bridgehead atoms. The summed E-state index contributed by atoms with van der Waals surface area (Å²) in [6.45, 7) is 8.28. The third-order valence-electron chi connectivity index (χ3n) is 4.75. The maximum absolute atomic E-state index is 8.05. The van der Waals surface area contributed by atoms with E-state index in [2.05, 4.69) is 57.2 Å². The number of aromatic nitrogens is 3. The fraction of sp³-hybridized carbons (Fsp3) is 0.192. The lowest BCUT2D eigenvalue weighted by Gasteiger charge is -2.18. The summed E-state index contributed by atoms with van der Waals surface area (Å²) in [5.41, 5.74) is 4.92. The van der Waals surface area contributed by atoms with Crippen LogP contribution in [0.2, 0.25) is 0 Å². The van der Waals surface area contributed by atoms with E-state index in [0.29, 0.717) is 17.7 Å². The molecule has 0 radical (unpaired) electrons.